The van der Waals surface area contributed by atoms with E-state index >= 15 is 0 Å². The van der Waals surface area contributed by atoms with Crippen LogP contribution in [0.25, 0.3) is 0 Å². The van der Waals surface area contributed by atoms with Crippen LogP contribution < -0.4 is 10.0 Å². The maximum Gasteiger partial charge on any atom is 0.255 e. The lowest BCUT2D eigenvalue weighted by molar-refractivity contribution is 0.102. The first-order valence-electron chi connectivity index (χ1n) is 8.13. The monoisotopic (exact) mass is 378 g/mol. The van der Waals surface area contributed by atoms with E-state index in [0.717, 1.165) is 25.7 Å². The van der Waals surface area contributed by atoms with E-state index in [4.69, 9.17) is 11.6 Å². The number of carbonyl (C=O) groups is 1. The summed E-state index contributed by atoms with van der Waals surface area (Å²) < 4.78 is 27.7. The van der Waals surface area contributed by atoms with E-state index in [1.807, 2.05) is 0 Å². The molecule has 132 valence electrons. The lowest BCUT2D eigenvalue weighted by atomic mass is 10.2. The number of halogens is 1. The Labute approximate surface area is 152 Å². The fourth-order valence-electron chi connectivity index (χ4n) is 2.91. The minimum absolute atomic E-state index is 0.0195. The molecule has 0 aromatic heterocycles. The Morgan fingerprint density at radius 2 is 1.76 bits per heavy atom. The van der Waals surface area contributed by atoms with Crippen molar-refractivity contribution >= 4 is 33.2 Å². The molecule has 0 unspecified atom stereocenters. The number of benzene rings is 2. The lowest BCUT2D eigenvalue weighted by Gasteiger charge is -2.13. The van der Waals surface area contributed by atoms with Crippen molar-refractivity contribution in [2.45, 2.75) is 36.6 Å². The van der Waals surface area contributed by atoms with Crippen LogP contribution in [0.3, 0.4) is 0 Å². The van der Waals surface area contributed by atoms with Gasteiger partial charge in [-0.15, -0.1) is 0 Å². The molecule has 0 atom stereocenters. The zero-order valence-corrected chi connectivity index (χ0v) is 15.1. The highest BCUT2D eigenvalue weighted by molar-refractivity contribution is 7.89. The van der Waals surface area contributed by atoms with Gasteiger partial charge in [0.1, 0.15) is 0 Å². The molecule has 2 aromatic carbocycles. The normalized spacial score (nSPS) is 15.2. The molecule has 7 heteroatoms. The van der Waals surface area contributed by atoms with Crippen LogP contribution in [0.4, 0.5) is 5.69 Å². The van der Waals surface area contributed by atoms with Crippen LogP contribution in [0, 0.1) is 0 Å². The summed E-state index contributed by atoms with van der Waals surface area (Å²) in [4.78, 5) is 12.5. The van der Waals surface area contributed by atoms with Crippen molar-refractivity contribution in [3.05, 3.63) is 59.1 Å². The van der Waals surface area contributed by atoms with Crippen molar-refractivity contribution < 1.29 is 13.2 Å². The average molecular weight is 379 g/mol. The highest BCUT2D eigenvalue weighted by Gasteiger charge is 2.23. The Balaban J connectivity index is 1.77. The summed E-state index contributed by atoms with van der Waals surface area (Å²) in [7, 11) is -3.63. The van der Waals surface area contributed by atoms with Gasteiger partial charge in [-0.05, 0) is 49.2 Å². The standard InChI is InChI=1S/C18H19ClN2O3S/c19-14-6-4-9-16(12-14)20-18(22)13-5-3-10-17(11-13)25(23,24)21-15-7-1-2-8-15/h3-6,9-12,15,21H,1-2,7-8H2,(H,20,22). The average Bonchev–Trinajstić information content (AvgIpc) is 3.07. The largest absolute Gasteiger partial charge is 0.322 e. The van der Waals surface area contributed by atoms with Crippen molar-refractivity contribution in [1.29, 1.82) is 0 Å². The Morgan fingerprint density at radius 3 is 2.48 bits per heavy atom. The fraction of sp³-hybridized carbons (Fsp3) is 0.278. The predicted molar refractivity (Wildman–Crippen MR) is 98.4 cm³/mol. The van der Waals surface area contributed by atoms with E-state index in [0.29, 0.717) is 10.7 Å². The van der Waals surface area contributed by atoms with E-state index in [1.54, 1.807) is 36.4 Å². The second kappa shape index (κ2) is 7.56. The fourth-order valence-corrected chi connectivity index (χ4v) is 4.45. The van der Waals surface area contributed by atoms with Gasteiger partial charge < -0.3 is 5.32 Å². The maximum atomic E-state index is 12.5. The molecular weight excluding hydrogens is 360 g/mol. The first-order valence-corrected chi connectivity index (χ1v) is 9.99. The van der Waals surface area contributed by atoms with E-state index in [1.165, 1.54) is 12.1 Å². The van der Waals surface area contributed by atoms with Crippen LogP contribution in [0.2, 0.25) is 5.02 Å². The molecule has 1 amide bonds. The van der Waals surface area contributed by atoms with Crippen LogP contribution in [-0.2, 0) is 10.0 Å². The van der Waals surface area contributed by atoms with Gasteiger partial charge in [0.25, 0.3) is 5.91 Å². The molecular formula is C18H19ClN2O3S. The Hall–Kier alpha value is -1.89. The first kappa shape index (κ1) is 17.9. The third-order valence-electron chi connectivity index (χ3n) is 4.17. The van der Waals surface area contributed by atoms with Crippen LogP contribution >= 0.6 is 11.6 Å². The summed E-state index contributed by atoms with van der Waals surface area (Å²) in [6, 6.07) is 12.8. The second-order valence-electron chi connectivity index (χ2n) is 6.09. The van der Waals surface area contributed by atoms with Gasteiger partial charge in [-0.3, -0.25) is 4.79 Å². The molecule has 1 aliphatic rings. The highest BCUT2D eigenvalue weighted by atomic mass is 35.5. The van der Waals surface area contributed by atoms with Crippen molar-refractivity contribution in [3.63, 3.8) is 0 Å². The smallest absolute Gasteiger partial charge is 0.255 e. The lowest BCUT2D eigenvalue weighted by Crippen LogP contribution is -2.32. The molecule has 5 nitrogen and oxygen atoms in total. The van der Waals surface area contributed by atoms with Gasteiger partial charge >= 0.3 is 0 Å². The maximum absolute atomic E-state index is 12.5. The SMILES string of the molecule is O=C(Nc1cccc(Cl)c1)c1cccc(S(=O)(=O)NC2CCCC2)c1. The third kappa shape index (κ3) is 4.60. The molecule has 1 fully saturated rings. The van der Waals surface area contributed by atoms with Crippen LogP contribution in [-0.4, -0.2) is 20.4 Å². The second-order valence-corrected chi connectivity index (χ2v) is 8.25. The van der Waals surface area contributed by atoms with Gasteiger partial charge in [0.15, 0.2) is 0 Å². The van der Waals surface area contributed by atoms with E-state index in [2.05, 4.69) is 10.0 Å². The number of nitrogens with one attached hydrogen (secondary N) is 2. The number of hydrogen-bond acceptors (Lipinski definition) is 3. The summed E-state index contributed by atoms with van der Waals surface area (Å²) in [6.45, 7) is 0. The number of amides is 1. The predicted octanol–water partition coefficient (Wildman–Crippen LogP) is 3.81. The van der Waals surface area contributed by atoms with Crippen LogP contribution in [0.5, 0.6) is 0 Å². The summed E-state index contributed by atoms with van der Waals surface area (Å²) in [5, 5.41) is 3.22. The topological polar surface area (TPSA) is 75.3 Å². The molecule has 1 saturated carbocycles. The number of sulfonamides is 1. The van der Waals surface area contributed by atoms with E-state index in [-0.39, 0.29) is 22.4 Å². The van der Waals surface area contributed by atoms with Gasteiger partial charge in [-0.25, -0.2) is 13.1 Å². The number of anilines is 1. The number of carbonyl (C=O) groups excluding carboxylic acids is 1. The van der Waals surface area contributed by atoms with Crippen molar-refractivity contribution in [2.75, 3.05) is 5.32 Å². The Kier molecular flexibility index (Phi) is 5.42. The minimum Gasteiger partial charge on any atom is -0.322 e. The first-order chi connectivity index (χ1) is 11.9. The summed E-state index contributed by atoms with van der Waals surface area (Å²) in [6.07, 6.45) is 3.78. The number of rotatable bonds is 5. The summed E-state index contributed by atoms with van der Waals surface area (Å²) >= 11 is 5.90. The third-order valence-corrected chi connectivity index (χ3v) is 5.92. The zero-order valence-electron chi connectivity index (χ0n) is 13.5. The van der Waals surface area contributed by atoms with Crippen molar-refractivity contribution in [1.82, 2.24) is 4.72 Å². The van der Waals surface area contributed by atoms with E-state index < -0.39 is 10.0 Å². The Bertz CT molecular complexity index is 877. The summed E-state index contributed by atoms with van der Waals surface area (Å²) in [5.74, 6) is -0.389. The molecule has 0 spiro atoms. The molecule has 2 N–H and O–H groups in total. The summed E-state index contributed by atoms with van der Waals surface area (Å²) in [5.41, 5.74) is 0.823. The highest BCUT2D eigenvalue weighted by Crippen LogP contribution is 2.21. The molecule has 3 rings (SSSR count). The van der Waals surface area contributed by atoms with Crippen LogP contribution in [0.15, 0.2) is 53.4 Å². The van der Waals surface area contributed by atoms with Gasteiger partial charge in [0.2, 0.25) is 10.0 Å². The van der Waals surface area contributed by atoms with Gasteiger partial charge in [0, 0.05) is 22.3 Å². The zero-order chi connectivity index (χ0) is 17.9. The molecule has 25 heavy (non-hydrogen) atoms. The molecule has 2 aromatic rings. The molecule has 0 saturated heterocycles. The van der Waals surface area contributed by atoms with Gasteiger partial charge in [-0.1, -0.05) is 36.6 Å². The quantitative estimate of drug-likeness (QED) is 0.830. The van der Waals surface area contributed by atoms with Gasteiger partial charge in [-0.2, -0.15) is 0 Å². The molecule has 0 heterocycles. The molecule has 1 aliphatic carbocycles. The molecule has 0 bridgehead atoms. The van der Waals surface area contributed by atoms with Crippen molar-refractivity contribution in [3.8, 4) is 0 Å². The number of hydrogen-bond donors (Lipinski definition) is 2. The molecule has 0 radical (unpaired) electrons. The van der Waals surface area contributed by atoms with Crippen LogP contribution in [0.1, 0.15) is 36.0 Å². The van der Waals surface area contributed by atoms with Crippen molar-refractivity contribution in [2.24, 2.45) is 0 Å². The Morgan fingerprint density at radius 1 is 1.04 bits per heavy atom. The minimum atomic E-state index is -3.63. The molecule has 0 aliphatic heterocycles. The van der Waals surface area contributed by atoms with E-state index in [9.17, 15) is 13.2 Å². The van der Waals surface area contributed by atoms with Gasteiger partial charge in [0.05, 0.1) is 4.90 Å².